The van der Waals surface area contributed by atoms with E-state index in [1.807, 2.05) is 13.8 Å². The Hall–Kier alpha value is -1.80. The Balaban J connectivity index is 2.08. The Morgan fingerprint density at radius 2 is 1.23 bits per heavy atom. The molecule has 0 atom stereocenters. The van der Waals surface area contributed by atoms with E-state index in [9.17, 15) is 0 Å². The first kappa shape index (κ1) is 18.2. The van der Waals surface area contributed by atoms with Crippen LogP contribution in [0.2, 0.25) is 0 Å². The number of nitrogens with one attached hydrogen (secondary N) is 4. The van der Waals surface area contributed by atoms with E-state index in [1.54, 1.807) is 12.4 Å². The largest absolute Gasteiger partial charge is 0.388 e. The second kappa shape index (κ2) is 10.9. The van der Waals surface area contributed by atoms with Gasteiger partial charge in [0.1, 0.15) is 0 Å². The van der Waals surface area contributed by atoms with Gasteiger partial charge in [-0.05, 0) is 13.8 Å². The van der Waals surface area contributed by atoms with E-state index in [0.717, 1.165) is 52.4 Å². The highest BCUT2D eigenvalue weighted by atomic mass is 15.3. The molecule has 0 unspecified atom stereocenters. The molecule has 0 saturated carbocycles. The van der Waals surface area contributed by atoms with Crippen molar-refractivity contribution in [1.29, 1.82) is 11.1 Å². The molecule has 1 fully saturated rings. The van der Waals surface area contributed by atoms with E-state index in [1.165, 1.54) is 0 Å². The minimum absolute atomic E-state index is 0.694. The summed E-state index contributed by atoms with van der Waals surface area (Å²) < 4.78 is 0. The lowest BCUT2D eigenvalue weighted by molar-refractivity contribution is 0.135. The molecule has 1 saturated heterocycles. The number of nitrogens with zero attached hydrogens (tertiary/aromatic N) is 4. The lowest BCUT2D eigenvalue weighted by Crippen LogP contribution is -2.49. The maximum absolute atomic E-state index is 6.84. The van der Waals surface area contributed by atoms with Crippen LogP contribution < -0.4 is 10.6 Å². The highest BCUT2D eigenvalue weighted by molar-refractivity contribution is 4.92. The molecule has 8 heteroatoms. The molecule has 0 bridgehead atoms. The van der Waals surface area contributed by atoms with E-state index < -0.39 is 0 Å². The minimum atomic E-state index is 0.694. The van der Waals surface area contributed by atoms with Crippen LogP contribution >= 0.6 is 0 Å². The molecule has 1 heterocycles. The first-order chi connectivity index (χ1) is 10.7. The molecule has 0 aliphatic carbocycles. The fourth-order valence-corrected chi connectivity index (χ4v) is 2.19. The summed E-state index contributed by atoms with van der Waals surface area (Å²) >= 11 is 0. The molecule has 124 valence electrons. The highest BCUT2D eigenvalue weighted by Gasteiger charge is 2.15. The van der Waals surface area contributed by atoms with Gasteiger partial charge in [-0.15, -0.1) is 0 Å². The number of rotatable bonds is 10. The summed E-state index contributed by atoms with van der Waals surface area (Å²) in [6.45, 7) is 11.8. The van der Waals surface area contributed by atoms with E-state index >= 15 is 0 Å². The molecule has 0 spiro atoms. The maximum Gasteiger partial charge on any atom is 0.0748 e. The summed E-state index contributed by atoms with van der Waals surface area (Å²) in [5.41, 5.74) is 15.1. The van der Waals surface area contributed by atoms with E-state index in [-0.39, 0.29) is 0 Å². The summed E-state index contributed by atoms with van der Waals surface area (Å²) in [5.74, 6) is 0. The first-order valence-corrected chi connectivity index (χ1v) is 7.65. The van der Waals surface area contributed by atoms with Crippen molar-refractivity contribution in [2.75, 3.05) is 52.4 Å². The molecule has 0 amide bonds. The van der Waals surface area contributed by atoms with Gasteiger partial charge in [0.15, 0.2) is 0 Å². The van der Waals surface area contributed by atoms with Crippen LogP contribution in [0.4, 0.5) is 0 Å². The van der Waals surface area contributed by atoms with Gasteiger partial charge in [0, 0.05) is 64.8 Å². The quantitative estimate of drug-likeness (QED) is 0.363. The van der Waals surface area contributed by atoms with Gasteiger partial charge >= 0.3 is 0 Å². The predicted molar refractivity (Wildman–Crippen MR) is 86.7 cm³/mol. The van der Waals surface area contributed by atoms with Gasteiger partial charge in [-0.2, -0.15) is 10.2 Å². The van der Waals surface area contributed by atoms with Crippen molar-refractivity contribution in [3.8, 4) is 0 Å². The Morgan fingerprint density at radius 1 is 0.864 bits per heavy atom. The first-order valence-electron chi connectivity index (χ1n) is 7.65. The van der Waals surface area contributed by atoms with Gasteiger partial charge in [-0.1, -0.05) is 0 Å². The third kappa shape index (κ3) is 7.84. The van der Waals surface area contributed by atoms with Gasteiger partial charge in [0.25, 0.3) is 0 Å². The van der Waals surface area contributed by atoms with Crippen LogP contribution in [0.5, 0.6) is 0 Å². The van der Waals surface area contributed by atoms with Crippen LogP contribution in [0.15, 0.2) is 34.0 Å². The molecule has 4 N–H and O–H groups in total. The van der Waals surface area contributed by atoms with Crippen molar-refractivity contribution in [2.24, 2.45) is 10.2 Å². The normalized spacial score (nSPS) is 18.1. The third-order valence-corrected chi connectivity index (χ3v) is 3.58. The molecule has 0 aromatic heterocycles. The fourth-order valence-electron chi connectivity index (χ4n) is 2.19. The second-order valence-electron chi connectivity index (χ2n) is 5.39. The van der Waals surface area contributed by atoms with Gasteiger partial charge in [-0.3, -0.25) is 9.80 Å². The molecule has 1 aliphatic heterocycles. The Labute approximate surface area is 132 Å². The monoisotopic (exact) mass is 308 g/mol. The van der Waals surface area contributed by atoms with Crippen molar-refractivity contribution >= 4 is 0 Å². The standard InChI is InChI=1S/C14H28N8/c1-13(19-15)11-17-3-5-21-7-9-22(10-8-21)6-4-18-12-14(2)20-16/h11-12,15-18H,3-10H2,1-2H3/b13-11-,14-12-,19-15?,20-16?. The molecular formula is C14H28N8. The van der Waals surface area contributed by atoms with Crippen LogP contribution in [0.1, 0.15) is 13.8 Å². The van der Waals surface area contributed by atoms with Crippen LogP contribution in [-0.4, -0.2) is 62.2 Å². The molecule has 0 radical (unpaired) electrons. The lowest BCUT2D eigenvalue weighted by atomic mass is 10.3. The van der Waals surface area contributed by atoms with Gasteiger partial charge in [0.2, 0.25) is 0 Å². The Kier molecular flexibility index (Phi) is 9.01. The molecule has 0 aromatic carbocycles. The summed E-state index contributed by atoms with van der Waals surface area (Å²) in [6, 6.07) is 0. The summed E-state index contributed by atoms with van der Waals surface area (Å²) in [4.78, 5) is 4.89. The average molecular weight is 308 g/mol. The van der Waals surface area contributed by atoms with E-state index in [0.29, 0.717) is 11.4 Å². The number of hydrogen-bond donors (Lipinski definition) is 4. The summed E-state index contributed by atoms with van der Waals surface area (Å²) in [6.07, 6.45) is 3.57. The maximum atomic E-state index is 6.84. The molecule has 22 heavy (non-hydrogen) atoms. The number of piperazine rings is 1. The van der Waals surface area contributed by atoms with E-state index in [2.05, 4.69) is 30.7 Å². The molecule has 1 aliphatic rings. The van der Waals surface area contributed by atoms with Crippen molar-refractivity contribution < 1.29 is 0 Å². The number of allylic oxidation sites excluding steroid dienone is 2. The van der Waals surface area contributed by atoms with Crippen LogP contribution in [0, 0.1) is 11.1 Å². The summed E-state index contributed by atoms with van der Waals surface area (Å²) in [5, 5.41) is 13.0. The van der Waals surface area contributed by atoms with Crippen LogP contribution in [0.3, 0.4) is 0 Å². The zero-order chi connectivity index (χ0) is 16.2. The average Bonchev–Trinajstić information content (AvgIpc) is 2.56. The minimum Gasteiger partial charge on any atom is -0.388 e. The van der Waals surface area contributed by atoms with Gasteiger partial charge in [0.05, 0.1) is 11.4 Å². The summed E-state index contributed by atoms with van der Waals surface area (Å²) in [7, 11) is 0. The van der Waals surface area contributed by atoms with Crippen LogP contribution in [-0.2, 0) is 0 Å². The molecular weight excluding hydrogens is 280 g/mol. The number of hydrogen-bond acceptors (Lipinski definition) is 8. The van der Waals surface area contributed by atoms with Crippen molar-refractivity contribution in [2.45, 2.75) is 13.8 Å². The molecule has 0 aromatic rings. The predicted octanol–water partition coefficient (Wildman–Crippen LogP) is 1.57. The van der Waals surface area contributed by atoms with Gasteiger partial charge < -0.3 is 10.6 Å². The lowest BCUT2D eigenvalue weighted by Gasteiger charge is -2.34. The topological polar surface area (TPSA) is 103 Å². The van der Waals surface area contributed by atoms with Crippen LogP contribution in [0.25, 0.3) is 0 Å². The smallest absolute Gasteiger partial charge is 0.0748 e. The third-order valence-electron chi connectivity index (χ3n) is 3.58. The fraction of sp³-hybridized carbons (Fsp3) is 0.714. The zero-order valence-electron chi connectivity index (χ0n) is 13.6. The van der Waals surface area contributed by atoms with Crippen molar-refractivity contribution in [3.05, 3.63) is 23.8 Å². The van der Waals surface area contributed by atoms with Crippen molar-refractivity contribution in [3.63, 3.8) is 0 Å². The molecule has 1 rings (SSSR count). The Bertz CT molecular complexity index is 358. The van der Waals surface area contributed by atoms with E-state index in [4.69, 9.17) is 11.1 Å². The highest BCUT2D eigenvalue weighted by Crippen LogP contribution is 2.00. The zero-order valence-corrected chi connectivity index (χ0v) is 13.6. The molecule has 8 nitrogen and oxygen atoms in total. The second-order valence-corrected chi connectivity index (χ2v) is 5.39. The van der Waals surface area contributed by atoms with Crippen molar-refractivity contribution in [1.82, 2.24) is 20.4 Å². The SMILES string of the molecule is C/C(=C/NCCN1CCN(CCN/C=C(/C)N=N)CC1)N=N. The Morgan fingerprint density at radius 3 is 1.55 bits per heavy atom. The van der Waals surface area contributed by atoms with Gasteiger partial charge in [-0.25, -0.2) is 11.1 Å².